The van der Waals surface area contributed by atoms with Crippen LogP contribution in [0.15, 0.2) is 82.3 Å². The lowest BCUT2D eigenvalue weighted by atomic mass is 10.1. The van der Waals surface area contributed by atoms with Crippen molar-refractivity contribution in [2.75, 3.05) is 6.26 Å². The van der Waals surface area contributed by atoms with Crippen molar-refractivity contribution in [3.05, 3.63) is 95.3 Å². The van der Waals surface area contributed by atoms with Crippen molar-refractivity contribution in [2.24, 2.45) is 4.36 Å². The Hall–Kier alpha value is -3.23. The van der Waals surface area contributed by atoms with Gasteiger partial charge in [-0.25, -0.2) is 4.21 Å². The standard InChI is InChI=1S/C22H18N2O2S/c1-17-8-6-7-9-19(17)13-12-18-14-20(16-23-15-18)22(25)24-27(2,26)21-10-4-3-5-11-21/h3-11,14-16H,1-2H3. The summed E-state index contributed by atoms with van der Waals surface area (Å²) in [5, 5.41) is 0. The van der Waals surface area contributed by atoms with Gasteiger partial charge in [-0.1, -0.05) is 48.2 Å². The molecule has 1 atom stereocenters. The third-order valence-corrected chi connectivity index (χ3v) is 5.57. The molecule has 4 nitrogen and oxygen atoms in total. The maximum atomic E-state index is 12.8. The molecule has 0 radical (unpaired) electrons. The van der Waals surface area contributed by atoms with Crippen molar-refractivity contribution >= 4 is 15.6 Å². The van der Waals surface area contributed by atoms with Gasteiger partial charge in [0.1, 0.15) is 0 Å². The lowest BCUT2D eigenvalue weighted by molar-refractivity contribution is 0.100. The molecule has 0 bridgehead atoms. The number of nitrogens with zero attached hydrogens (tertiary/aromatic N) is 2. The number of hydrogen-bond acceptors (Lipinski definition) is 3. The number of carbonyl (C=O) groups is 1. The molecule has 0 aliphatic heterocycles. The van der Waals surface area contributed by atoms with Gasteiger partial charge in [-0.05, 0) is 36.8 Å². The number of aromatic nitrogens is 1. The number of rotatable bonds is 2. The van der Waals surface area contributed by atoms with E-state index in [1.54, 1.807) is 36.5 Å². The monoisotopic (exact) mass is 374 g/mol. The first-order chi connectivity index (χ1) is 13.0. The molecule has 1 amide bonds. The molecule has 3 aromatic rings. The SMILES string of the molecule is Cc1ccccc1C#Cc1cncc(C(=O)N=S(C)(=O)c2ccccc2)c1. The molecular formula is C22H18N2O2S. The highest BCUT2D eigenvalue weighted by molar-refractivity contribution is 7.93. The van der Waals surface area contributed by atoms with E-state index in [4.69, 9.17) is 0 Å². The van der Waals surface area contributed by atoms with Crippen LogP contribution in [-0.4, -0.2) is 21.4 Å². The molecule has 134 valence electrons. The third-order valence-electron chi connectivity index (χ3n) is 3.91. The van der Waals surface area contributed by atoms with Gasteiger partial charge < -0.3 is 0 Å². The summed E-state index contributed by atoms with van der Waals surface area (Å²) < 4.78 is 16.7. The fraction of sp³-hybridized carbons (Fsp3) is 0.0909. The van der Waals surface area contributed by atoms with Gasteiger partial charge in [-0.2, -0.15) is 4.36 Å². The maximum absolute atomic E-state index is 12.8. The average molecular weight is 374 g/mol. The van der Waals surface area contributed by atoms with Gasteiger partial charge in [0, 0.05) is 34.7 Å². The second-order valence-electron chi connectivity index (χ2n) is 6.04. The number of amides is 1. The molecule has 5 heteroatoms. The Kier molecular flexibility index (Phi) is 5.49. The lowest BCUT2D eigenvalue weighted by Gasteiger charge is -2.03. The molecule has 1 heterocycles. The molecule has 0 saturated carbocycles. The predicted octanol–water partition coefficient (Wildman–Crippen LogP) is 4.09. The van der Waals surface area contributed by atoms with Crippen LogP contribution in [0.2, 0.25) is 0 Å². The largest absolute Gasteiger partial charge is 0.286 e. The molecule has 1 aromatic heterocycles. The van der Waals surface area contributed by atoms with Crippen LogP contribution in [0.3, 0.4) is 0 Å². The second-order valence-corrected chi connectivity index (χ2v) is 8.30. The Morgan fingerprint density at radius 3 is 2.44 bits per heavy atom. The van der Waals surface area contributed by atoms with Crippen LogP contribution < -0.4 is 0 Å². The van der Waals surface area contributed by atoms with Gasteiger partial charge in [0.05, 0.1) is 15.3 Å². The van der Waals surface area contributed by atoms with Gasteiger partial charge in [0.25, 0.3) is 5.91 Å². The van der Waals surface area contributed by atoms with E-state index in [0.29, 0.717) is 10.5 Å². The van der Waals surface area contributed by atoms with Crippen molar-refractivity contribution in [2.45, 2.75) is 11.8 Å². The summed E-state index contributed by atoms with van der Waals surface area (Å²) in [6.45, 7) is 1.99. The molecule has 3 rings (SSSR count). The molecule has 0 aliphatic rings. The van der Waals surface area contributed by atoms with E-state index in [-0.39, 0.29) is 5.56 Å². The van der Waals surface area contributed by atoms with E-state index >= 15 is 0 Å². The maximum Gasteiger partial charge on any atom is 0.286 e. The fourth-order valence-electron chi connectivity index (χ4n) is 2.41. The van der Waals surface area contributed by atoms with Gasteiger partial charge >= 0.3 is 0 Å². The average Bonchev–Trinajstić information content (AvgIpc) is 2.68. The van der Waals surface area contributed by atoms with Crippen LogP contribution in [0.25, 0.3) is 0 Å². The molecule has 1 unspecified atom stereocenters. The molecule has 2 aromatic carbocycles. The van der Waals surface area contributed by atoms with Crippen molar-refractivity contribution in [1.29, 1.82) is 0 Å². The molecule has 0 N–H and O–H groups in total. The van der Waals surface area contributed by atoms with Crippen LogP contribution in [-0.2, 0) is 9.73 Å². The third kappa shape index (κ3) is 4.69. The number of benzene rings is 2. The molecule has 0 saturated heterocycles. The van der Waals surface area contributed by atoms with Crippen LogP contribution in [0.5, 0.6) is 0 Å². The molecule has 0 aliphatic carbocycles. The van der Waals surface area contributed by atoms with Crippen molar-refractivity contribution in [3.63, 3.8) is 0 Å². The van der Waals surface area contributed by atoms with E-state index in [9.17, 15) is 9.00 Å². The minimum atomic E-state index is -2.82. The zero-order valence-electron chi connectivity index (χ0n) is 15.0. The Morgan fingerprint density at radius 1 is 1.00 bits per heavy atom. The topological polar surface area (TPSA) is 59.4 Å². The number of pyridine rings is 1. The minimum absolute atomic E-state index is 0.261. The Bertz CT molecular complexity index is 1170. The van der Waals surface area contributed by atoms with Crippen molar-refractivity contribution < 1.29 is 9.00 Å². The van der Waals surface area contributed by atoms with Crippen LogP contribution in [0, 0.1) is 18.8 Å². The normalized spacial score (nSPS) is 12.4. The van der Waals surface area contributed by atoms with Gasteiger partial charge in [-0.3, -0.25) is 9.78 Å². The highest BCUT2D eigenvalue weighted by Crippen LogP contribution is 2.13. The number of hydrogen-bond donors (Lipinski definition) is 0. The molecule has 0 spiro atoms. The van der Waals surface area contributed by atoms with E-state index < -0.39 is 15.6 Å². The minimum Gasteiger partial charge on any atom is -0.266 e. The van der Waals surface area contributed by atoms with E-state index in [2.05, 4.69) is 21.2 Å². The van der Waals surface area contributed by atoms with Crippen molar-refractivity contribution in [3.8, 4) is 11.8 Å². The molecular weight excluding hydrogens is 356 g/mol. The fourth-order valence-corrected chi connectivity index (χ4v) is 3.60. The zero-order chi connectivity index (χ0) is 19.3. The highest BCUT2D eigenvalue weighted by atomic mass is 32.2. The Balaban J connectivity index is 1.90. The highest BCUT2D eigenvalue weighted by Gasteiger charge is 2.11. The first-order valence-corrected chi connectivity index (χ1v) is 10.2. The Labute approximate surface area is 159 Å². The summed E-state index contributed by atoms with van der Waals surface area (Å²) >= 11 is 0. The van der Waals surface area contributed by atoms with E-state index in [0.717, 1.165) is 11.1 Å². The van der Waals surface area contributed by atoms with Crippen molar-refractivity contribution in [1.82, 2.24) is 4.98 Å². The Morgan fingerprint density at radius 2 is 1.70 bits per heavy atom. The zero-order valence-corrected chi connectivity index (χ0v) is 15.9. The predicted molar refractivity (Wildman–Crippen MR) is 107 cm³/mol. The summed E-state index contributed by atoms with van der Waals surface area (Å²) in [6.07, 6.45) is 4.45. The lowest BCUT2D eigenvalue weighted by Crippen LogP contribution is -2.04. The smallest absolute Gasteiger partial charge is 0.266 e. The first kappa shape index (κ1) is 18.6. The van der Waals surface area contributed by atoms with Gasteiger partial charge in [-0.15, -0.1) is 0 Å². The molecule has 0 fully saturated rings. The number of carbonyl (C=O) groups excluding carboxylic acids is 1. The summed E-state index contributed by atoms with van der Waals surface area (Å²) in [7, 11) is -2.82. The second kappa shape index (κ2) is 7.98. The number of aryl methyl sites for hydroxylation is 1. The van der Waals surface area contributed by atoms with Crippen LogP contribution in [0.1, 0.15) is 27.0 Å². The van der Waals surface area contributed by atoms with Gasteiger partial charge in [0.2, 0.25) is 0 Å². The summed E-state index contributed by atoms with van der Waals surface area (Å²) in [6, 6.07) is 18.2. The van der Waals surface area contributed by atoms with Crippen LogP contribution >= 0.6 is 0 Å². The molecule has 27 heavy (non-hydrogen) atoms. The quantitative estimate of drug-likeness (QED) is 0.635. The summed E-state index contributed by atoms with van der Waals surface area (Å²) in [4.78, 5) is 17.1. The van der Waals surface area contributed by atoms with Crippen LogP contribution in [0.4, 0.5) is 0 Å². The van der Waals surface area contributed by atoms with E-state index in [1.807, 2.05) is 37.3 Å². The van der Waals surface area contributed by atoms with Gasteiger partial charge in [0.15, 0.2) is 0 Å². The first-order valence-electron chi connectivity index (χ1n) is 8.30. The van der Waals surface area contributed by atoms with E-state index in [1.165, 1.54) is 12.5 Å². The summed E-state index contributed by atoms with van der Waals surface area (Å²) in [5.74, 6) is 5.52. The summed E-state index contributed by atoms with van der Waals surface area (Å²) in [5.41, 5.74) is 2.85.